The average molecular weight is 517 g/mol. The van der Waals surface area contributed by atoms with Gasteiger partial charge in [0.25, 0.3) is 0 Å². The average Bonchev–Trinajstić information content (AvgIpc) is 3.33. The van der Waals surface area contributed by atoms with Gasteiger partial charge in [0.15, 0.2) is 5.60 Å². The largest absolute Gasteiger partial charge is 0.493 e. The van der Waals surface area contributed by atoms with Crippen LogP contribution in [0.15, 0.2) is 71.3 Å². The van der Waals surface area contributed by atoms with Gasteiger partial charge in [0, 0.05) is 22.9 Å². The first kappa shape index (κ1) is 27.1. The molecule has 0 saturated carbocycles. The first-order valence-electron chi connectivity index (χ1n) is 13.1. The highest BCUT2D eigenvalue weighted by Gasteiger charge is 2.29. The molecule has 200 valence electrons. The molecule has 0 fully saturated rings. The fourth-order valence-electron chi connectivity index (χ4n) is 4.42. The van der Waals surface area contributed by atoms with Gasteiger partial charge in [0.1, 0.15) is 22.8 Å². The van der Waals surface area contributed by atoms with Gasteiger partial charge in [-0.2, -0.15) is 0 Å². The summed E-state index contributed by atoms with van der Waals surface area (Å²) in [6.45, 7) is 9.81. The number of hydrogen-bond acceptors (Lipinski definition) is 5. The van der Waals surface area contributed by atoms with Crippen molar-refractivity contribution in [2.24, 2.45) is 0 Å². The molecule has 0 spiro atoms. The topological polar surface area (TPSA) is 78.1 Å². The molecule has 6 nitrogen and oxygen atoms in total. The normalized spacial score (nSPS) is 12.3. The van der Waals surface area contributed by atoms with Crippen LogP contribution in [0.25, 0.3) is 22.1 Å². The lowest BCUT2D eigenvalue weighted by Gasteiger charge is -2.21. The van der Waals surface area contributed by atoms with Gasteiger partial charge < -0.3 is 23.7 Å². The van der Waals surface area contributed by atoms with Crippen LogP contribution in [0.2, 0.25) is 0 Å². The van der Waals surface area contributed by atoms with E-state index in [0.717, 1.165) is 51.8 Å². The van der Waals surface area contributed by atoms with Crippen molar-refractivity contribution in [1.29, 1.82) is 0 Å². The number of furan rings is 1. The number of fused-ring (bicyclic) bond motifs is 1. The SMILES string of the molecule is CCCc1c(O[C@@H](C)CCOc2ccc(OC(C)(C)C(=O)O)cc2)cc(C)c2c(-c3ccccc3)coc12. The molecular formula is C32H36O6. The van der Waals surface area contributed by atoms with E-state index >= 15 is 0 Å². The van der Waals surface area contributed by atoms with E-state index < -0.39 is 11.6 Å². The molecule has 0 bridgehead atoms. The third-order valence-electron chi connectivity index (χ3n) is 6.52. The molecule has 1 aromatic heterocycles. The molecule has 3 aromatic carbocycles. The molecule has 0 radical (unpaired) electrons. The second kappa shape index (κ2) is 11.6. The fraction of sp³-hybridized carbons (Fsp3) is 0.344. The van der Waals surface area contributed by atoms with Gasteiger partial charge in [-0.25, -0.2) is 4.79 Å². The molecule has 0 unspecified atom stereocenters. The lowest BCUT2D eigenvalue weighted by Crippen LogP contribution is -2.37. The third-order valence-corrected chi connectivity index (χ3v) is 6.52. The number of rotatable bonds is 12. The zero-order valence-electron chi connectivity index (χ0n) is 22.7. The van der Waals surface area contributed by atoms with Crippen LogP contribution >= 0.6 is 0 Å². The van der Waals surface area contributed by atoms with Crippen molar-refractivity contribution in [3.05, 3.63) is 78.1 Å². The van der Waals surface area contributed by atoms with Crippen molar-refractivity contribution in [3.8, 4) is 28.4 Å². The number of carboxylic acid groups (broad SMARTS) is 1. The van der Waals surface area contributed by atoms with Gasteiger partial charge in [-0.05, 0) is 75.6 Å². The number of carbonyl (C=O) groups is 1. The molecule has 0 aliphatic carbocycles. The molecule has 1 heterocycles. The van der Waals surface area contributed by atoms with Gasteiger partial charge in [-0.3, -0.25) is 0 Å². The van der Waals surface area contributed by atoms with Crippen molar-refractivity contribution in [2.75, 3.05) is 6.61 Å². The molecule has 6 heteroatoms. The zero-order chi connectivity index (χ0) is 27.3. The van der Waals surface area contributed by atoms with Crippen LogP contribution in [0.5, 0.6) is 17.2 Å². The first-order valence-corrected chi connectivity index (χ1v) is 13.1. The Labute approximate surface area is 224 Å². The minimum Gasteiger partial charge on any atom is -0.493 e. The highest BCUT2D eigenvalue weighted by molar-refractivity contribution is 5.99. The number of hydrogen-bond donors (Lipinski definition) is 1. The minimum absolute atomic E-state index is 0.0648. The minimum atomic E-state index is -1.30. The summed E-state index contributed by atoms with van der Waals surface area (Å²) in [5.41, 5.74) is 4.07. The van der Waals surface area contributed by atoms with Crippen LogP contribution in [0.1, 0.15) is 51.7 Å². The van der Waals surface area contributed by atoms with Crippen molar-refractivity contribution in [1.82, 2.24) is 0 Å². The predicted octanol–water partition coefficient (Wildman–Crippen LogP) is 7.84. The molecule has 0 aliphatic rings. The standard InChI is InChI=1S/C32H36O6/c1-6-10-26-28(19-21(2)29-27(20-36-30(26)29)23-11-8-7-9-12-23)37-22(3)17-18-35-24-13-15-25(16-14-24)38-32(4,5)31(33)34/h7-9,11-16,19-20,22H,6,10,17-18H2,1-5H3,(H,33,34)/t22-/m0/s1. The summed E-state index contributed by atoms with van der Waals surface area (Å²) in [4.78, 5) is 11.3. The Morgan fingerprint density at radius 2 is 1.74 bits per heavy atom. The Hall–Kier alpha value is -3.93. The van der Waals surface area contributed by atoms with E-state index in [0.29, 0.717) is 24.5 Å². The molecule has 4 rings (SSSR count). The molecule has 0 saturated heterocycles. The Balaban J connectivity index is 1.42. The maximum absolute atomic E-state index is 11.3. The zero-order valence-corrected chi connectivity index (χ0v) is 22.7. The number of ether oxygens (including phenoxy) is 3. The molecule has 1 N–H and O–H groups in total. The van der Waals surface area contributed by atoms with E-state index in [1.807, 2.05) is 31.4 Å². The van der Waals surface area contributed by atoms with Crippen LogP contribution in [-0.4, -0.2) is 29.4 Å². The van der Waals surface area contributed by atoms with E-state index in [2.05, 4.69) is 32.0 Å². The summed E-state index contributed by atoms with van der Waals surface area (Å²) in [7, 11) is 0. The second-order valence-electron chi connectivity index (χ2n) is 10.1. The summed E-state index contributed by atoms with van der Waals surface area (Å²) >= 11 is 0. The third kappa shape index (κ3) is 6.13. The first-order chi connectivity index (χ1) is 18.2. The lowest BCUT2D eigenvalue weighted by molar-refractivity contribution is -0.152. The number of aryl methyl sites for hydroxylation is 2. The maximum Gasteiger partial charge on any atom is 0.347 e. The van der Waals surface area contributed by atoms with Crippen molar-refractivity contribution < 1.29 is 28.5 Å². The lowest BCUT2D eigenvalue weighted by atomic mass is 9.97. The Morgan fingerprint density at radius 3 is 2.39 bits per heavy atom. The molecule has 4 aromatic rings. The monoisotopic (exact) mass is 516 g/mol. The number of aliphatic carboxylic acids is 1. The van der Waals surface area contributed by atoms with Crippen molar-refractivity contribution in [3.63, 3.8) is 0 Å². The van der Waals surface area contributed by atoms with E-state index in [9.17, 15) is 9.90 Å². The summed E-state index contributed by atoms with van der Waals surface area (Å²) in [6.07, 6.45) is 4.33. The van der Waals surface area contributed by atoms with Gasteiger partial charge in [0.05, 0.1) is 19.0 Å². The van der Waals surface area contributed by atoms with E-state index in [1.54, 1.807) is 24.3 Å². The molecule has 0 aliphatic heterocycles. The maximum atomic E-state index is 11.3. The Morgan fingerprint density at radius 1 is 1.05 bits per heavy atom. The highest BCUT2D eigenvalue weighted by Crippen LogP contribution is 2.39. The summed E-state index contributed by atoms with van der Waals surface area (Å²) in [5.74, 6) is 1.00. The Bertz CT molecular complexity index is 1370. The van der Waals surface area contributed by atoms with E-state index in [4.69, 9.17) is 18.6 Å². The van der Waals surface area contributed by atoms with Gasteiger partial charge in [0.2, 0.25) is 0 Å². The quantitative estimate of drug-likeness (QED) is 0.207. The number of carboxylic acids is 1. The van der Waals surface area contributed by atoms with Crippen LogP contribution in [0, 0.1) is 6.92 Å². The van der Waals surface area contributed by atoms with Crippen molar-refractivity contribution >= 4 is 16.9 Å². The molecule has 0 amide bonds. The van der Waals surface area contributed by atoms with Crippen LogP contribution in [0.3, 0.4) is 0 Å². The van der Waals surface area contributed by atoms with Crippen LogP contribution in [0.4, 0.5) is 0 Å². The highest BCUT2D eigenvalue weighted by atomic mass is 16.5. The van der Waals surface area contributed by atoms with Gasteiger partial charge in [-0.1, -0.05) is 43.7 Å². The van der Waals surface area contributed by atoms with Gasteiger partial charge in [-0.15, -0.1) is 0 Å². The van der Waals surface area contributed by atoms with Crippen LogP contribution in [-0.2, 0) is 11.2 Å². The fourth-order valence-corrected chi connectivity index (χ4v) is 4.42. The molecular weight excluding hydrogens is 480 g/mol. The van der Waals surface area contributed by atoms with E-state index in [1.165, 1.54) is 13.8 Å². The van der Waals surface area contributed by atoms with Gasteiger partial charge >= 0.3 is 5.97 Å². The Kier molecular flexibility index (Phi) is 8.30. The summed E-state index contributed by atoms with van der Waals surface area (Å²) < 4.78 is 24.0. The molecule has 38 heavy (non-hydrogen) atoms. The predicted molar refractivity (Wildman–Crippen MR) is 149 cm³/mol. The van der Waals surface area contributed by atoms with Crippen LogP contribution < -0.4 is 14.2 Å². The summed E-state index contributed by atoms with van der Waals surface area (Å²) in [6, 6.07) is 19.4. The van der Waals surface area contributed by atoms with E-state index in [-0.39, 0.29) is 6.10 Å². The summed E-state index contributed by atoms with van der Waals surface area (Å²) in [5, 5.41) is 10.4. The molecule has 1 atom stereocenters. The smallest absolute Gasteiger partial charge is 0.347 e. The van der Waals surface area contributed by atoms with Crippen molar-refractivity contribution in [2.45, 2.75) is 65.6 Å². The second-order valence-corrected chi connectivity index (χ2v) is 10.1. The number of benzene rings is 3.